The lowest BCUT2D eigenvalue weighted by Crippen LogP contribution is -2.18. The fourth-order valence-electron chi connectivity index (χ4n) is 1.79. The van der Waals surface area contributed by atoms with Crippen molar-refractivity contribution in [2.75, 3.05) is 4.72 Å². The summed E-state index contributed by atoms with van der Waals surface area (Å²) in [6, 6.07) is 6.04. The maximum absolute atomic E-state index is 12.9. The molecule has 0 radical (unpaired) electrons. The molecule has 0 bridgehead atoms. The Bertz CT molecular complexity index is 791. The molecule has 0 atom stereocenters. The number of pyridine rings is 1. The Kier molecular flexibility index (Phi) is 5.16. The van der Waals surface area contributed by atoms with Gasteiger partial charge in [0.05, 0.1) is 11.3 Å². The average molecular weight is 381 g/mol. The second kappa shape index (κ2) is 6.82. The lowest BCUT2D eigenvalue weighted by atomic mass is 10.2. The zero-order valence-electron chi connectivity index (χ0n) is 12.1. The number of aromatic nitrogens is 1. The first-order valence-corrected chi connectivity index (χ1v) is 7.29. The van der Waals surface area contributed by atoms with Crippen molar-refractivity contribution < 1.29 is 31.1 Å². The van der Waals surface area contributed by atoms with E-state index in [4.69, 9.17) is 5.73 Å². The van der Waals surface area contributed by atoms with Crippen molar-refractivity contribution in [1.82, 2.24) is 4.98 Å². The summed E-state index contributed by atoms with van der Waals surface area (Å²) in [4.78, 5) is 14.2. The zero-order valence-corrected chi connectivity index (χ0v) is 12.9. The fourth-order valence-corrected chi connectivity index (χ4v) is 2.61. The number of amides is 1. The van der Waals surface area contributed by atoms with Crippen LogP contribution in [0.15, 0.2) is 41.3 Å². The standard InChI is InChI=1S/C14H9F6N3OS/c15-13(16,17)7-3-1-2-4-9(7)25-23-8-5-6-10(14(18,19)20)22-11(8)12(21)24/h1-6,23H,(H2,21,24). The quantitative estimate of drug-likeness (QED) is 0.611. The van der Waals surface area contributed by atoms with Gasteiger partial charge < -0.3 is 10.5 Å². The molecule has 0 saturated heterocycles. The van der Waals surface area contributed by atoms with Gasteiger partial charge >= 0.3 is 12.4 Å². The predicted molar refractivity (Wildman–Crippen MR) is 78.7 cm³/mol. The number of carbonyl (C=O) groups is 1. The van der Waals surface area contributed by atoms with Crippen molar-refractivity contribution in [3.05, 3.63) is 53.3 Å². The van der Waals surface area contributed by atoms with Gasteiger partial charge in [-0.15, -0.1) is 0 Å². The van der Waals surface area contributed by atoms with Gasteiger partial charge in [0.2, 0.25) is 0 Å². The normalized spacial score (nSPS) is 12.1. The number of nitrogens with two attached hydrogens (primary N) is 1. The second-order valence-electron chi connectivity index (χ2n) is 4.65. The molecule has 4 nitrogen and oxygen atoms in total. The second-order valence-corrected chi connectivity index (χ2v) is 5.50. The number of hydrogen-bond donors (Lipinski definition) is 2. The molecule has 1 aromatic heterocycles. The first-order chi connectivity index (χ1) is 11.5. The van der Waals surface area contributed by atoms with Crippen LogP contribution in [-0.2, 0) is 12.4 Å². The lowest BCUT2D eigenvalue weighted by molar-refractivity contribution is -0.141. The van der Waals surface area contributed by atoms with Crippen LogP contribution in [0, 0.1) is 0 Å². The van der Waals surface area contributed by atoms with Gasteiger partial charge in [-0.05, 0) is 36.2 Å². The van der Waals surface area contributed by atoms with E-state index in [9.17, 15) is 31.1 Å². The van der Waals surface area contributed by atoms with Crippen LogP contribution in [0.4, 0.5) is 32.0 Å². The van der Waals surface area contributed by atoms with Gasteiger partial charge in [-0.3, -0.25) is 4.79 Å². The van der Waals surface area contributed by atoms with Crippen molar-refractivity contribution in [2.45, 2.75) is 17.2 Å². The molecule has 2 rings (SSSR count). The molecule has 1 aromatic carbocycles. The van der Waals surface area contributed by atoms with Crippen molar-refractivity contribution in [2.24, 2.45) is 5.73 Å². The molecular weight excluding hydrogens is 372 g/mol. The molecule has 2 aromatic rings. The van der Waals surface area contributed by atoms with Gasteiger partial charge in [-0.2, -0.15) is 26.3 Å². The van der Waals surface area contributed by atoms with Crippen molar-refractivity contribution in [1.29, 1.82) is 0 Å². The van der Waals surface area contributed by atoms with E-state index in [2.05, 4.69) is 9.71 Å². The number of halogens is 6. The van der Waals surface area contributed by atoms with Crippen LogP contribution in [0.1, 0.15) is 21.7 Å². The van der Waals surface area contributed by atoms with Crippen LogP contribution in [0.5, 0.6) is 0 Å². The van der Waals surface area contributed by atoms with E-state index >= 15 is 0 Å². The van der Waals surface area contributed by atoms with Crippen LogP contribution in [0.2, 0.25) is 0 Å². The van der Waals surface area contributed by atoms with Crippen LogP contribution in [0.3, 0.4) is 0 Å². The summed E-state index contributed by atoms with van der Waals surface area (Å²) in [5.41, 5.74) is 1.76. The molecule has 134 valence electrons. The van der Waals surface area contributed by atoms with Gasteiger partial charge in [-0.1, -0.05) is 12.1 Å². The highest BCUT2D eigenvalue weighted by molar-refractivity contribution is 8.00. The maximum atomic E-state index is 12.9. The highest BCUT2D eigenvalue weighted by Gasteiger charge is 2.34. The summed E-state index contributed by atoms with van der Waals surface area (Å²) in [6.07, 6.45) is -9.41. The molecule has 3 N–H and O–H groups in total. The van der Waals surface area contributed by atoms with E-state index in [0.29, 0.717) is 18.0 Å². The summed E-state index contributed by atoms with van der Waals surface area (Å²) >= 11 is 0.473. The topological polar surface area (TPSA) is 68.0 Å². The number of primary amides is 1. The van der Waals surface area contributed by atoms with Crippen LogP contribution < -0.4 is 10.5 Å². The van der Waals surface area contributed by atoms with Gasteiger partial charge in [0, 0.05) is 4.90 Å². The van der Waals surface area contributed by atoms with Gasteiger partial charge in [0.25, 0.3) is 5.91 Å². The minimum Gasteiger partial charge on any atom is -0.364 e. The first kappa shape index (κ1) is 18.9. The van der Waals surface area contributed by atoms with E-state index < -0.39 is 35.2 Å². The molecule has 0 aliphatic carbocycles. The summed E-state index contributed by atoms with van der Waals surface area (Å²) in [5.74, 6) is -1.25. The van der Waals surface area contributed by atoms with Gasteiger partial charge in [0.1, 0.15) is 5.69 Å². The molecular formula is C14H9F6N3OS. The fraction of sp³-hybridized carbons (Fsp3) is 0.143. The third-order valence-electron chi connectivity index (χ3n) is 2.88. The Morgan fingerprint density at radius 1 is 1.00 bits per heavy atom. The lowest BCUT2D eigenvalue weighted by Gasteiger charge is -2.14. The Labute approximate surface area is 141 Å². The number of alkyl halides is 6. The molecule has 0 saturated carbocycles. The number of nitrogens with one attached hydrogen (secondary N) is 1. The molecule has 0 spiro atoms. The molecule has 0 aliphatic heterocycles. The average Bonchev–Trinajstić information content (AvgIpc) is 2.51. The summed E-state index contributed by atoms with van der Waals surface area (Å²) in [5, 5.41) is 0. The van der Waals surface area contributed by atoms with E-state index in [0.717, 1.165) is 12.1 Å². The number of benzene rings is 1. The third-order valence-corrected chi connectivity index (χ3v) is 3.78. The number of nitrogens with zero attached hydrogens (tertiary/aromatic N) is 1. The molecule has 11 heteroatoms. The Balaban J connectivity index is 2.32. The van der Waals surface area contributed by atoms with E-state index in [1.807, 2.05) is 0 Å². The Hall–Kier alpha value is -2.43. The number of carbonyl (C=O) groups excluding carboxylic acids is 1. The molecule has 0 aliphatic rings. The van der Waals surface area contributed by atoms with Crippen LogP contribution in [0.25, 0.3) is 0 Å². The van der Waals surface area contributed by atoms with Gasteiger partial charge in [0.15, 0.2) is 5.69 Å². The monoisotopic (exact) mass is 381 g/mol. The summed E-state index contributed by atoms with van der Waals surface area (Å²) < 4.78 is 79.0. The van der Waals surface area contributed by atoms with Gasteiger partial charge in [-0.25, -0.2) is 4.98 Å². The largest absolute Gasteiger partial charge is 0.433 e. The van der Waals surface area contributed by atoms with Crippen LogP contribution in [-0.4, -0.2) is 10.9 Å². The molecule has 1 heterocycles. The minimum absolute atomic E-state index is 0.231. The Morgan fingerprint density at radius 3 is 2.20 bits per heavy atom. The van der Waals surface area contributed by atoms with Crippen molar-refractivity contribution in [3.8, 4) is 0 Å². The first-order valence-electron chi connectivity index (χ1n) is 6.47. The summed E-state index contributed by atoms with van der Waals surface area (Å²) in [6.45, 7) is 0. The SMILES string of the molecule is NC(=O)c1nc(C(F)(F)F)ccc1NSc1ccccc1C(F)(F)F. The van der Waals surface area contributed by atoms with Crippen molar-refractivity contribution in [3.63, 3.8) is 0 Å². The predicted octanol–water partition coefficient (Wildman–Crippen LogP) is 4.34. The van der Waals surface area contributed by atoms with Crippen LogP contribution >= 0.6 is 11.9 Å². The highest BCUT2D eigenvalue weighted by atomic mass is 32.2. The van der Waals surface area contributed by atoms with E-state index in [1.54, 1.807) is 0 Å². The maximum Gasteiger partial charge on any atom is 0.433 e. The number of rotatable bonds is 4. The molecule has 1 amide bonds. The van der Waals surface area contributed by atoms with Crippen molar-refractivity contribution >= 4 is 23.5 Å². The minimum atomic E-state index is -4.79. The highest BCUT2D eigenvalue weighted by Crippen LogP contribution is 2.37. The number of hydrogen-bond acceptors (Lipinski definition) is 4. The van der Waals surface area contributed by atoms with E-state index in [-0.39, 0.29) is 10.6 Å². The Morgan fingerprint density at radius 2 is 1.64 bits per heavy atom. The molecule has 25 heavy (non-hydrogen) atoms. The van der Waals surface area contributed by atoms with E-state index in [1.165, 1.54) is 18.2 Å². The smallest absolute Gasteiger partial charge is 0.364 e. The summed E-state index contributed by atoms with van der Waals surface area (Å²) in [7, 11) is 0. The number of anilines is 1. The molecule has 0 unspecified atom stereocenters. The zero-order chi connectivity index (χ0) is 18.8. The molecule has 0 fully saturated rings. The third kappa shape index (κ3) is 4.56.